The molecule has 8 nitrogen and oxygen atoms in total. The fourth-order valence-electron chi connectivity index (χ4n) is 1.97. The normalized spacial score (nSPS) is 18.7. The van der Waals surface area contributed by atoms with Crippen molar-refractivity contribution in [2.24, 2.45) is 0 Å². The second-order valence-corrected chi connectivity index (χ2v) is 5.73. The first-order valence-electron chi connectivity index (χ1n) is 6.92. The van der Waals surface area contributed by atoms with Crippen LogP contribution in [0.3, 0.4) is 0 Å². The number of carbonyl (C=O) groups is 4. The summed E-state index contributed by atoms with van der Waals surface area (Å²) < 4.78 is 5.15. The molecular weight excluding hydrogens is 312 g/mol. The molecule has 9 heteroatoms. The van der Waals surface area contributed by atoms with Gasteiger partial charge in [0.05, 0.1) is 25.4 Å². The largest absolute Gasteiger partial charge is 0.378 e. The molecule has 0 N–H and O–H groups in total. The number of amides is 3. The first kappa shape index (κ1) is 16.8. The molecule has 2 aliphatic rings. The molecule has 0 unspecified atom stereocenters. The maximum absolute atomic E-state index is 11.8. The van der Waals surface area contributed by atoms with Gasteiger partial charge in [-0.05, 0) is 0 Å². The second kappa shape index (κ2) is 8.14. The monoisotopic (exact) mass is 329 g/mol. The summed E-state index contributed by atoms with van der Waals surface area (Å²) in [6.07, 6.45) is 1.64. The molecule has 0 atom stereocenters. The van der Waals surface area contributed by atoms with Crippen LogP contribution in [0.25, 0.3) is 0 Å². The van der Waals surface area contributed by atoms with Crippen LogP contribution in [-0.2, 0) is 28.8 Å². The molecule has 1 radical (unpaired) electrons. The van der Waals surface area contributed by atoms with Gasteiger partial charge in [-0.1, -0.05) is 0 Å². The summed E-state index contributed by atoms with van der Waals surface area (Å²) in [6.45, 7) is 2.22. The molecule has 2 heterocycles. The standard InChI is InChI=1S/C13H17N2O6S/c16-10(14-4-6-20-7-5-14)3-8-22-9-13(19)21-15-11(17)1-2-12(15)18/h3H,1-2,4-9H2. The van der Waals surface area contributed by atoms with Crippen molar-refractivity contribution >= 4 is 35.5 Å². The maximum Gasteiger partial charge on any atom is 0.342 e. The highest BCUT2D eigenvalue weighted by Gasteiger charge is 2.32. The molecule has 121 valence electrons. The van der Waals surface area contributed by atoms with Crippen molar-refractivity contribution in [1.29, 1.82) is 0 Å². The zero-order valence-electron chi connectivity index (χ0n) is 12.0. The van der Waals surface area contributed by atoms with Crippen molar-refractivity contribution in [3.05, 3.63) is 6.42 Å². The topological polar surface area (TPSA) is 93.2 Å². The third-order valence-corrected chi connectivity index (χ3v) is 3.96. The van der Waals surface area contributed by atoms with E-state index in [1.165, 1.54) is 18.2 Å². The van der Waals surface area contributed by atoms with Gasteiger partial charge in [0.1, 0.15) is 0 Å². The Morgan fingerprint density at radius 1 is 1.18 bits per heavy atom. The number of thioether (sulfide) groups is 1. The van der Waals surface area contributed by atoms with Crippen LogP contribution in [0, 0.1) is 6.42 Å². The molecule has 2 aliphatic heterocycles. The van der Waals surface area contributed by atoms with Gasteiger partial charge in [-0.25, -0.2) is 4.79 Å². The van der Waals surface area contributed by atoms with E-state index >= 15 is 0 Å². The quantitative estimate of drug-likeness (QED) is 0.474. The fourth-order valence-corrected chi connectivity index (χ4v) is 2.57. The third-order valence-electron chi connectivity index (χ3n) is 3.12. The van der Waals surface area contributed by atoms with Crippen LogP contribution >= 0.6 is 11.8 Å². The molecule has 2 rings (SSSR count). The Labute approximate surface area is 132 Å². The van der Waals surface area contributed by atoms with Gasteiger partial charge in [0.15, 0.2) is 0 Å². The van der Waals surface area contributed by atoms with Crippen molar-refractivity contribution in [3.63, 3.8) is 0 Å². The van der Waals surface area contributed by atoms with Crippen LogP contribution < -0.4 is 0 Å². The number of nitrogens with zero attached hydrogens (tertiary/aromatic N) is 2. The lowest BCUT2D eigenvalue weighted by molar-refractivity contribution is -0.195. The van der Waals surface area contributed by atoms with E-state index in [0.717, 1.165) is 0 Å². The van der Waals surface area contributed by atoms with Crippen molar-refractivity contribution < 1.29 is 28.8 Å². The number of hydroxylamine groups is 2. The number of carbonyl (C=O) groups excluding carboxylic acids is 4. The summed E-state index contributed by atoms with van der Waals surface area (Å²) in [7, 11) is 0. The van der Waals surface area contributed by atoms with E-state index in [1.807, 2.05) is 0 Å². The zero-order chi connectivity index (χ0) is 15.9. The average molecular weight is 329 g/mol. The lowest BCUT2D eigenvalue weighted by Crippen LogP contribution is -2.41. The molecule has 0 aliphatic carbocycles. The highest BCUT2D eigenvalue weighted by Crippen LogP contribution is 2.13. The van der Waals surface area contributed by atoms with E-state index in [-0.39, 0.29) is 24.5 Å². The molecule has 0 saturated carbocycles. The fraction of sp³-hybridized carbons (Fsp3) is 0.615. The minimum absolute atomic E-state index is 0.0377. The van der Waals surface area contributed by atoms with Crippen LogP contribution in [0.4, 0.5) is 0 Å². The smallest absolute Gasteiger partial charge is 0.342 e. The summed E-state index contributed by atoms with van der Waals surface area (Å²) in [5.41, 5.74) is 0. The Morgan fingerprint density at radius 3 is 2.45 bits per heavy atom. The average Bonchev–Trinajstić information content (AvgIpc) is 2.84. The van der Waals surface area contributed by atoms with E-state index in [9.17, 15) is 19.2 Å². The lowest BCUT2D eigenvalue weighted by Gasteiger charge is -2.26. The van der Waals surface area contributed by atoms with E-state index in [2.05, 4.69) is 0 Å². The number of hydrogen-bond acceptors (Lipinski definition) is 7. The van der Waals surface area contributed by atoms with E-state index in [0.29, 0.717) is 37.1 Å². The van der Waals surface area contributed by atoms with Crippen molar-refractivity contribution in [2.45, 2.75) is 12.8 Å². The highest BCUT2D eigenvalue weighted by molar-refractivity contribution is 8.00. The second-order valence-electron chi connectivity index (χ2n) is 4.70. The molecule has 0 spiro atoms. The predicted molar refractivity (Wildman–Crippen MR) is 76.2 cm³/mol. The van der Waals surface area contributed by atoms with E-state index in [4.69, 9.17) is 9.57 Å². The molecule has 0 aromatic rings. The predicted octanol–water partition coefficient (Wildman–Crippen LogP) is -0.610. The van der Waals surface area contributed by atoms with Crippen molar-refractivity contribution in [3.8, 4) is 0 Å². The van der Waals surface area contributed by atoms with Gasteiger partial charge in [-0.2, -0.15) is 0 Å². The number of hydrogen-bond donors (Lipinski definition) is 0. The summed E-state index contributed by atoms with van der Waals surface area (Å²) in [4.78, 5) is 52.2. The Morgan fingerprint density at radius 2 is 1.82 bits per heavy atom. The first-order chi connectivity index (χ1) is 10.6. The van der Waals surface area contributed by atoms with Gasteiger partial charge in [0.25, 0.3) is 11.8 Å². The van der Waals surface area contributed by atoms with Gasteiger partial charge in [0.2, 0.25) is 5.91 Å². The molecule has 2 fully saturated rings. The van der Waals surface area contributed by atoms with Crippen molar-refractivity contribution in [1.82, 2.24) is 9.96 Å². The number of morpholine rings is 1. The minimum atomic E-state index is -0.680. The van der Waals surface area contributed by atoms with Crippen LogP contribution in [-0.4, -0.2) is 71.5 Å². The Balaban J connectivity index is 1.59. The molecule has 22 heavy (non-hydrogen) atoms. The Bertz CT molecular complexity index is 447. The Hall–Kier alpha value is -1.61. The summed E-state index contributed by atoms with van der Waals surface area (Å²) in [6, 6.07) is 0. The third kappa shape index (κ3) is 4.70. The molecular formula is C13H17N2O6S. The first-order valence-corrected chi connectivity index (χ1v) is 8.07. The minimum Gasteiger partial charge on any atom is -0.378 e. The highest BCUT2D eigenvalue weighted by atomic mass is 32.2. The summed E-state index contributed by atoms with van der Waals surface area (Å²) in [5.74, 6) is -1.46. The summed E-state index contributed by atoms with van der Waals surface area (Å²) >= 11 is 1.18. The number of imide groups is 1. The maximum atomic E-state index is 11.8. The van der Waals surface area contributed by atoms with Gasteiger partial charge < -0.3 is 14.5 Å². The van der Waals surface area contributed by atoms with Gasteiger partial charge in [-0.15, -0.1) is 16.8 Å². The Kier molecular flexibility index (Phi) is 6.20. The van der Waals surface area contributed by atoms with Crippen LogP contribution in [0.5, 0.6) is 0 Å². The van der Waals surface area contributed by atoms with Crippen molar-refractivity contribution in [2.75, 3.05) is 37.8 Å². The van der Waals surface area contributed by atoms with Crippen LogP contribution in [0.15, 0.2) is 0 Å². The zero-order valence-corrected chi connectivity index (χ0v) is 12.8. The van der Waals surface area contributed by atoms with E-state index < -0.39 is 17.8 Å². The van der Waals surface area contributed by atoms with Gasteiger partial charge >= 0.3 is 5.97 Å². The number of ether oxygens (including phenoxy) is 1. The van der Waals surface area contributed by atoms with Gasteiger partial charge in [0, 0.05) is 31.7 Å². The summed E-state index contributed by atoms with van der Waals surface area (Å²) in [5, 5.41) is 0.519. The van der Waals surface area contributed by atoms with Crippen LogP contribution in [0.1, 0.15) is 12.8 Å². The van der Waals surface area contributed by atoms with Gasteiger partial charge in [-0.3, -0.25) is 14.4 Å². The van der Waals surface area contributed by atoms with E-state index in [1.54, 1.807) is 4.90 Å². The lowest BCUT2D eigenvalue weighted by atomic mass is 10.3. The van der Waals surface area contributed by atoms with Crippen LogP contribution in [0.2, 0.25) is 0 Å². The number of rotatable bonds is 6. The SMILES string of the molecule is O=C(CSC[CH]C(=O)N1CCOCC1)ON1C(=O)CCC1=O. The molecule has 2 saturated heterocycles. The molecule has 0 bridgehead atoms. The molecule has 0 aromatic heterocycles. The molecule has 3 amide bonds. The molecule has 0 aromatic carbocycles.